The molecule has 1 atom stereocenters. The van der Waals surface area contributed by atoms with Crippen LogP contribution < -0.4 is 4.74 Å². The number of halogens is 1. The van der Waals surface area contributed by atoms with Crippen molar-refractivity contribution in [1.82, 2.24) is 14.8 Å². The number of H-pyrrole nitrogens is 1. The molecule has 4 aromatic rings. The summed E-state index contributed by atoms with van der Waals surface area (Å²) in [5.41, 5.74) is 4.32. The van der Waals surface area contributed by atoms with Crippen LogP contribution in [-0.2, 0) is 11.4 Å². The van der Waals surface area contributed by atoms with Crippen molar-refractivity contribution in [3.63, 3.8) is 0 Å². The summed E-state index contributed by atoms with van der Waals surface area (Å²) >= 11 is 6.35. The molecule has 1 N–H and O–H groups in total. The molecule has 6 heteroatoms. The zero-order valence-corrected chi connectivity index (χ0v) is 21.4. The summed E-state index contributed by atoms with van der Waals surface area (Å²) in [6.07, 6.45) is 2.43. The van der Waals surface area contributed by atoms with Crippen LogP contribution in [0, 0.1) is 0 Å². The van der Waals surface area contributed by atoms with Crippen LogP contribution in [0.4, 0.5) is 0 Å². The molecule has 5 rings (SSSR count). The zero-order chi connectivity index (χ0) is 24.9. The summed E-state index contributed by atoms with van der Waals surface area (Å²) in [7, 11) is 0. The number of amides is 1. The minimum Gasteiger partial charge on any atom is -0.489 e. The lowest BCUT2D eigenvalue weighted by Crippen LogP contribution is -2.48. The van der Waals surface area contributed by atoms with E-state index in [1.165, 1.54) is 0 Å². The molecule has 36 heavy (non-hydrogen) atoms. The summed E-state index contributed by atoms with van der Waals surface area (Å²) in [5, 5.41) is 1.74. The standard InChI is InChI=1S/C30H32ClN3O2/c1-2-33-14-16-34(17-15-33)30(35)19-26(28-20-32-29-13-10-24(31)18-27(28)29)23-8-11-25(12-9-23)36-21-22-6-4-3-5-7-22/h3-13,18,20,26,32H,2,14-17,19,21H2,1H3/t26-/m0/s1. The number of likely N-dealkylation sites (N-methyl/N-ethyl adjacent to an activating group) is 1. The highest BCUT2D eigenvalue weighted by atomic mass is 35.5. The predicted octanol–water partition coefficient (Wildman–Crippen LogP) is 6.09. The van der Waals surface area contributed by atoms with Crippen LogP contribution in [0.5, 0.6) is 5.75 Å². The lowest BCUT2D eigenvalue weighted by Gasteiger charge is -2.34. The SMILES string of the molecule is CCN1CCN(C(=O)C[C@@H](c2ccc(OCc3ccccc3)cc2)c2c[nH]c3ccc(Cl)cc23)CC1. The number of piperazine rings is 1. The Bertz CT molecular complexity index is 1300. The van der Waals surface area contributed by atoms with E-state index in [0.717, 1.165) is 66.1 Å². The first-order chi connectivity index (χ1) is 17.6. The topological polar surface area (TPSA) is 48.6 Å². The Morgan fingerprint density at radius 3 is 2.47 bits per heavy atom. The lowest BCUT2D eigenvalue weighted by atomic mass is 9.87. The molecule has 1 aliphatic rings. The van der Waals surface area contributed by atoms with Gasteiger partial charge in [0.1, 0.15) is 12.4 Å². The first-order valence-corrected chi connectivity index (χ1v) is 13.0. The number of ether oxygens (including phenoxy) is 1. The number of nitrogens with zero attached hydrogens (tertiary/aromatic N) is 2. The summed E-state index contributed by atoms with van der Waals surface area (Å²) in [6, 6.07) is 24.2. The van der Waals surface area contributed by atoms with Gasteiger partial charge in [-0.05, 0) is 53.6 Å². The molecule has 186 valence electrons. The van der Waals surface area contributed by atoms with Crippen LogP contribution in [0.15, 0.2) is 79.0 Å². The number of aromatic amines is 1. The third-order valence-corrected chi connectivity index (χ3v) is 7.37. The monoisotopic (exact) mass is 501 g/mol. The molecule has 2 heterocycles. The molecule has 0 radical (unpaired) electrons. The van der Waals surface area contributed by atoms with Crippen molar-refractivity contribution in [2.45, 2.75) is 25.9 Å². The number of hydrogen-bond acceptors (Lipinski definition) is 3. The molecule has 1 aliphatic heterocycles. The van der Waals surface area contributed by atoms with Gasteiger partial charge in [-0.25, -0.2) is 0 Å². The predicted molar refractivity (Wildman–Crippen MR) is 146 cm³/mol. The van der Waals surface area contributed by atoms with Gasteiger partial charge in [-0.1, -0.05) is 61.0 Å². The van der Waals surface area contributed by atoms with Gasteiger partial charge in [0.15, 0.2) is 0 Å². The minimum atomic E-state index is -0.0860. The van der Waals surface area contributed by atoms with E-state index in [0.29, 0.717) is 18.1 Å². The molecule has 5 nitrogen and oxygen atoms in total. The van der Waals surface area contributed by atoms with Crippen LogP contribution in [0.25, 0.3) is 10.9 Å². The third-order valence-electron chi connectivity index (χ3n) is 7.13. The molecule has 0 unspecified atom stereocenters. The Hall–Kier alpha value is -3.28. The number of aromatic nitrogens is 1. The van der Waals surface area contributed by atoms with E-state index >= 15 is 0 Å². The molecule has 1 saturated heterocycles. The highest BCUT2D eigenvalue weighted by Crippen LogP contribution is 2.36. The summed E-state index contributed by atoms with van der Waals surface area (Å²) in [6.45, 7) is 7.15. The summed E-state index contributed by atoms with van der Waals surface area (Å²) < 4.78 is 6.00. The van der Waals surface area contributed by atoms with Crippen molar-refractivity contribution in [2.24, 2.45) is 0 Å². The smallest absolute Gasteiger partial charge is 0.223 e. The first-order valence-electron chi connectivity index (χ1n) is 12.6. The number of carbonyl (C=O) groups excluding carboxylic acids is 1. The van der Waals surface area contributed by atoms with Crippen molar-refractivity contribution in [2.75, 3.05) is 32.7 Å². The van der Waals surface area contributed by atoms with Crippen LogP contribution in [0.1, 0.15) is 36.0 Å². The maximum Gasteiger partial charge on any atom is 0.223 e. The minimum absolute atomic E-state index is 0.0860. The number of carbonyl (C=O) groups is 1. The molecule has 1 fully saturated rings. The quantitative estimate of drug-likeness (QED) is 0.318. The normalized spacial score (nSPS) is 15.2. The Morgan fingerprint density at radius 1 is 1.00 bits per heavy atom. The molecular formula is C30H32ClN3O2. The number of fused-ring (bicyclic) bond motifs is 1. The zero-order valence-electron chi connectivity index (χ0n) is 20.6. The molecule has 3 aromatic carbocycles. The van der Waals surface area contributed by atoms with Gasteiger partial charge in [-0.15, -0.1) is 0 Å². The Labute approximate surface area is 217 Å². The fraction of sp³-hybridized carbons (Fsp3) is 0.300. The molecule has 1 amide bonds. The van der Waals surface area contributed by atoms with Crippen molar-refractivity contribution < 1.29 is 9.53 Å². The Morgan fingerprint density at radius 2 is 1.75 bits per heavy atom. The van der Waals surface area contributed by atoms with Crippen LogP contribution in [0.3, 0.4) is 0 Å². The van der Waals surface area contributed by atoms with Gasteiger partial charge in [0.2, 0.25) is 5.91 Å². The highest BCUT2D eigenvalue weighted by Gasteiger charge is 2.26. The maximum atomic E-state index is 13.4. The van der Waals surface area contributed by atoms with E-state index in [1.807, 2.05) is 59.6 Å². The van der Waals surface area contributed by atoms with E-state index in [9.17, 15) is 4.79 Å². The van der Waals surface area contributed by atoms with E-state index in [2.05, 4.69) is 41.1 Å². The van der Waals surface area contributed by atoms with Crippen molar-refractivity contribution in [3.8, 4) is 5.75 Å². The van der Waals surface area contributed by atoms with Gasteiger partial charge in [0.25, 0.3) is 0 Å². The average Bonchev–Trinajstić information content (AvgIpc) is 3.34. The van der Waals surface area contributed by atoms with Crippen LogP contribution in [0.2, 0.25) is 5.02 Å². The number of hydrogen-bond donors (Lipinski definition) is 1. The van der Waals surface area contributed by atoms with Gasteiger partial charge in [-0.3, -0.25) is 4.79 Å². The summed E-state index contributed by atoms with van der Waals surface area (Å²) in [5.74, 6) is 0.916. The Kier molecular flexibility index (Phi) is 7.59. The van der Waals surface area contributed by atoms with Gasteiger partial charge in [0, 0.05) is 60.6 Å². The van der Waals surface area contributed by atoms with Gasteiger partial charge in [-0.2, -0.15) is 0 Å². The molecular weight excluding hydrogens is 470 g/mol. The Balaban J connectivity index is 1.39. The number of benzene rings is 3. The summed E-state index contributed by atoms with van der Waals surface area (Å²) in [4.78, 5) is 21.2. The molecule has 0 saturated carbocycles. The van der Waals surface area contributed by atoms with Crippen LogP contribution >= 0.6 is 11.6 Å². The average molecular weight is 502 g/mol. The van der Waals surface area contributed by atoms with E-state index in [1.54, 1.807) is 0 Å². The largest absolute Gasteiger partial charge is 0.489 e. The van der Waals surface area contributed by atoms with Crippen molar-refractivity contribution in [3.05, 3.63) is 101 Å². The lowest BCUT2D eigenvalue weighted by molar-refractivity contribution is -0.133. The van der Waals surface area contributed by atoms with Gasteiger partial charge < -0.3 is 19.5 Å². The fourth-order valence-electron chi connectivity index (χ4n) is 4.96. The maximum absolute atomic E-state index is 13.4. The van der Waals surface area contributed by atoms with Gasteiger partial charge >= 0.3 is 0 Å². The highest BCUT2D eigenvalue weighted by molar-refractivity contribution is 6.31. The molecule has 1 aromatic heterocycles. The fourth-order valence-corrected chi connectivity index (χ4v) is 5.14. The second-order valence-corrected chi connectivity index (χ2v) is 9.79. The van der Waals surface area contributed by atoms with E-state index < -0.39 is 0 Å². The molecule has 0 bridgehead atoms. The third kappa shape index (κ3) is 5.58. The van der Waals surface area contributed by atoms with E-state index in [-0.39, 0.29) is 11.8 Å². The number of rotatable bonds is 8. The second-order valence-electron chi connectivity index (χ2n) is 9.35. The van der Waals surface area contributed by atoms with Crippen LogP contribution in [-0.4, -0.2) is 53.4 Å². The molecule has 0 aliphatic carbocycles. The van der Waals surface area contributed by atoms with E-state index in [4.69, 9.17) is 16.3 Å². The first kappa shape index (κ1) is 24.4. The number of nitrogens with one attached hydrogen (secondary N) is 1. The van der Waals surface area contributed by atoms with Gasteiger partial charge in [0.05, 0.1) is 0 Å². The van der Waals surface area contributed by atoms with Crippen molar-refractivity contribution in [1.29, 1.82) is 0 Å². The van der Waals surface area contributed by atoms with Crippen molar-refractivity contribution >= 4 is 28.4 Å². The molecule has 0 spiro atoms. The second kappa shape index (κ2) is 11.2.